The summed E-state index contributed by atoms with van der Waals surface area (Å²) in [7, 11) is 0. The predicted octanol–water partition coefficient (Wildman–Crippen LogP) is 2.19. The molecule has 1 fully saturated rings. The zero-order chi connectivity index (χ0) is 12.1. The van der Waals surface area contributed by atoms with E-state index in [0.29, 0.717) is 12.5 Å². The second-order valence-corrected chi connectivity index (χ2v) is 5.29. The van der Waals surface area contributed by atoms with Crippen LogP contribution in [0.4, 0.5) is 0 Å². The van der Waals surface area contributed by atoms with Crippen molar-refractivity contribution < 1.29 is 9.47 Å². The van der Waals surface area contributed by atoms with Crippen molar-refractivity contribution in [1.82, 2.24) is 0 Å². The Kier molecular flexibility index (Phi) is 5.73. The summed E-state index contributed by atoms with van der Waals surface area (Å²) in [5.41, 5.74) is 6.17. The van der Waals surface area contributed by atoms with Crippen molar-refractivity contribution in [2.75, 3.05) is 13.2 Å². The smallest absolute Gasteiger partial charge is 0.0785 e. The van der Waals surface area contributed by atoms with E-state index in [-0.39, 0.29) is 18.2 Å². The summed E-state index contributed by atoms with van der Waals surface area (Å²) in [4.78, 5) is 0. The van der Waals surface area contributed by atoms with Crippen LogP contribution in [0.15, 0.2) is 0 Å². The third-order valence-electron chi connectivity index (χ3n) is 3.38. The van der Waals surface area contributed by atoms with Crippen molar-refractivity contribution >= 4 is 0 Å². The van der Waals surface area contributed by atoms with E-state index in [4.69, 9.17) is 15.2 Å². The lowest BCUT2D eigenvalue weighted by Crippen LogP contribution is -2.48. The molecule has 96 valence electrons. The number of ether oxygens (including phenoxy) is 2. The first kappa shape index (κ1) is 13.9. The topological polar surface area (TPSA) is 44.5 Å². The minimum atomic E-state index is 0.145. The molecule has 0 saturated heterocycles. The van der Waals surface area contributed by atoms with Crippen LogP contribution in [0.1, 0.15) is 40.5 Å². The summed E-state index contributed by atoms with van der Waals surface area (Å²) < 4.78 is 11.4. The van der Waals surface area contributed by atoms with Gasteiger partial charge in [0.15, 0.2) is 0 Å². The molecule has 0 aromatic heterocycles. The molecule has 3 heteroatoms. The van der Waals surface area contributed by atoms with Crippen LogP contribution in [0.5, 0.6) is 0 Å². The summed E-state index contributed by atoms with van der Waals surface area (Å²) >= 11 is 0. The summed E-state index contributed by atoms with van der Waals surface area (Å²) in [5.74, 6) is 1.29. The summed E-state index contributed by atoms with van der Waals surface area (Å²) in [6.45, 7) is 10.00. The molecule has 0 aliphatic heterocycles. The fourth-order valence-electron chi connectivity index (χ4n) is 2.71. The monoisotopic (exact) mass is 229 g/mol. The first-order valence-electron chi connectivity index (χ1n) is 6.53. The largest absolute Gasteiger partial charge is 0.379 e. The minimum absolute atomic E-state index is 0.145. The number of rotatable bonds is 5. The molecule has 0 radical (unpaired) electrons. The molecule has 0 heterocycles. The minimum Gasteiger partial charge on any atom is -0.379 e. The molecular weight excluding hydrogens is 202 g/mol. The molecule has 16 heavy (non-hydrogen) atoms. The molecule has 5 atom stereocenters. The van der Waals surface area contributed by atoms with Gasteiger partial charge in [0.25, 0.3) is 0 Å². The fraction of sp³-hybridized carbons (Fsp3) is 1.00. The molecular formula is C13H27NO2. The second-order valence-electron chi connectivity index (χ2n) is 5.29. The highest BCUT2D eigenvalue weighted by Gasteiger charge is 2.33. The molecule has 2 N–H and O–H groups in total. The van der Waals surface area contributed by atoms with Gasteiger partial charge >= 0.3 is 0 Å². The van der Waals surface area contributed by atoms with Crippen molar-refractivity contribution in [2.24, 2.45) is 17.6 Å². The van der Waals surface area contributed by atoms with Crippen LogP contribution in [-0.2, 0) is 9.47 Å². The first-order valence-corrected chi connectivity index (χ1v) is 6.53. The van der Waals surface area contributed by atoms with Gasteiger partial charge in [-0.15, -0.1) is 0 Å². The quantitative estimate of drug-likeness (QED) is 0.786. The van der Waals surface area contributed by atoms with Gasteiger partial charge in [-0.25, -0.2) is 0 Å². The lowest BCUT2D eigenvalue weighted by Gasteiger charge is -2.38. The second kappa shape index (κ2) is 6.58. The molecule has 0 aromatic rings. The number of hydrogen-bond donors (Lipinski definition) is 1. The summed E-state index contributed by atoms with van der Waals surface area (Å²) in [6, 6.07) is 0.183. The Labute approximate surface area is 99.7 Å². The molecule has 0 spiro atoms. The molecule has 1 aliphatic carbocycles. The van der Waals surface area contributed by atoms with Gasteiger partial charge in [-0.3, -0.25) is 0 Å². The van der Waals surface area contributed by atoms with Crippen molar-refractivity contribution in [3.63, 3.8) is 0 Å². The Balaban J connectivity index is 2.39. The molecule has 0 aromatic carbocycles. The van der Waals surface area contributed by atoms with Crippen molar-refractivity contribution in [1.29, 1.82) is 0 Å². The fourth-order valence-corrected chi connectivity index (χ4v) is 2.71. The van der Waals surface area contributed by atoms with Crippen LogP contribution < -0.4 is 5.73 Å². The van der Waals surface area contributed by atoms with Gasteiger partial charge in [0.2, 0.25) is 0 Å². The average Bonchev–Trinajstić information content (AvgIpc) is 2.20. The Morgan fingerprint density at radius 1 is 1.31 bits per heavy atom. The van der Waals surface area contributed by atoms with Crippen LogP contribution in [0.2, 0.25) is 0 Å². The van der Waals surface area contributed by atoms with Crippen molar-refractivity contribution in [3.8, 4) is 0 Å². The Hall–Kier alpha value is -0.120. The lowest BCUT2D eigenvalue weighted by molar-refractivity contribution is -0.0909. The summed E-state index contributed by atoms with van der Waals surface area (Å²) in [5, 5.41) is 0. The van der Waals surface area contributed by atoms with Gasteiger partial charge in [-0.1, -0.05) is 13.8 Å². The van der Waals surface area contributed by atoms with Gasteiger partial charge in [0.1, 0.15) is 0 Å². The van der Waals surface area contributed by atoms with Gasteiger partial charge in [0.05, 0.1) is 18.8 Å². The zero-order valence-electron chi connectivity index (χ0n) is 11.1. The van der Waals surface area contributed by atoms with Gasteiger partial charge < -0.3 is 15.2 Å². The van der Waals surface area contributed by atoms with E-state index in [1.54, 1.807) is 0 Å². The van der Waals surface area contributed by atoms with E-state index in [1.807, 2.05) is 6.92 Å². The first-order chi connectivity index (χ1) is 7.54. The van der Waals surface area contributed by atoms with E-state index in [0.717, 1.165) is 18.9 Å². The number of nitrogens with two attached hydrogens (primary N) is 1. The highest BCUT2D eigenvalue weighted by Crippen LogP contribution is 2.30. The van der Waals surface area contributed by atoms with Crippen LogP contribution in [0.25, 0.3) is 0 Å². The number of hydrogen-bond acceptors (Lipinski definition) is 3. The van der Waals surface area contributed by atoms with E-state index >= 15 is 0 Å². The van der Waals surface area contributed by atoms with Crippen LogP contribution in [0.3, 0.4) is 0 Å². The molecule has 1 rings (SSSR count). The maximum atomic E-state index is 6.17. The molecule has 0 amide bonds. The van der Waals surface area contributed by atoms with E-state index in [2.05, 4.69) is 20.8 Å². The van der Waals surface area contributed by atoms with Crippen molar-refractivity contribution in [2.45, 2.75) is 58.8 Å². The third kappa shape index (κ3) is 4.04. The molecule has 1 saturated carbocycles. The Morgan fingerprint density at radius 2 is 2.00 bits per heavy atom. The maximum Gasteiger partial charge on any atom is 0.0785 e. The van der Waals surface area contributed by atoms with Crippen LogP contribution in [0, 0.1) is 11.8 Å². The van der Waals surface area contributed by atoms with Crippen LogP contribution in [-0.4, -0.2) is 31.5 Å². The third-order valence-corrected chi connectivity index (χ3v) is 3.38. The molecule has 1 aliphatic rings. The van der Waals surface area contributed by atoms with Gasteiger partial charge in [-0.2, -0.15) is 0 Å². The molecule has 0 bridgehead atoms. The lowest BCUT2D eigenvalue weighted by atomic mass is 9.78. The van der Waals surface area contributed by atoms with E-state index < -0.39 is 0 Å². The van der Waals surface area contributed by atoms with Gasteiger partial charge in [-0.05, 0) is 38.5 Å². The Bertz CT molecular complexity index is 186. The maximum absolute atomic E-state index is 6.17. The normalized spacial score (nSPS) is 37.3. The van der Waals surface area contributed by atoms with Crippen molar-refractivity contribution in [3.05, 3.63) is 0 Å². The predicted molar refractivity (Wildman–Crippen MR) is 66.4 cm³/mol. The SMILES string of the molecule is CCOCC(C)OC1C(C)CC(C)CC1N. The molecule has 5 unspecified atom stereocenters. The highest BCUT2D eigenvalue weighted by atomic mass is 16.5. The Morgan fingerprint density at radius 3 is 2.56 bits per heavy atom. The van der Waals surface area contributed by atoms with E-state index in [1.165, 1.54) is 6.42 Å². The highest BCUT2D eigenvalue weighted by molar-refractivity contribution is 4.87. The average molecular weight is 229 g/mol. The molecule has 3 nitrogen and oxygen atoms in total. The zero-order valence-corrected chi connectivity index (χ0v) is 11.1. The standard InChI is InChI=1S/C13H27NO2/c1-5-15-8-11(4)16-13-10(3)6-9(2)7-12(13)14/h9-13H,5-8,14H2,1-4H3. The van der Waals surface area contributed by atoms with Crippen LogP contribution >= 0.6 is 0 Å². The summed E-state index contributed by atoms with van der Waals surface area (Å²) in [6.07, 6.45) is 2.65. The van der Waals surface area contributed by atoms with Gasteiger partial charge in [0, 0.05) is 12.6 Å². The van der Waals surface area contributed by atoms with E-state index in [9.17, 15) is 0 Å².